The van der Waals surface area contributed by atoms with Gasteiger partial charge in [0.05, 0.1) is 5.69 Å². The molecule has 10 heavy (non-hydrogen) atoms. The van der Waals surface area contributed by atoms with E-state index >= 15 is 0 Å². The lowest BCUT2D eigenvalue weighted by atomic mass is 10.3. The average molecular weight is 139 g/mol. The van der Waals surface area contributed by atoms with E-state index in [9.17, 15) is 4.79 Å². The number of carbonyl (C=O) groups is 1. The highest BCUT2D eigenvalue weighted by Crippen LogP contribution is 2.06. The second-order valence-corrected chi connectivity index (χ2v) is 1.89. The summed E-state index contributed by atoms with van der Waals surface area (Å²) in [6.07, 6.45) is 1.62. The molecule has 0 saturated heterocycles. The van der Waals surface area contributed by atoms with E-state index in [1.807, 2.05) is 0 Å². The molecule has 1 heterocycles. The Morgan fingerprint density at radius 1 is 1.80 bits per heavy atom. The normalized spacial score (nSPS) is 9.30. The first-order chi connectivity index (χ1) is 4.75. The Labute approximate surface area is 58.4 Å². The van der Waals surface area contributed by atoms with Gasteiger partial charge in [0, 0.05) is 13.2 Å². The minimum absolute atomic E-state index is 0.192. The van der Waals surface area contributed by atoms with Crippen molar-refractivity contribution in [3.8, 4) is 0 Å². The van der Waals surface area contributed by atoms with E-state index in [2.05, 4.69) is 10.3 Å². The number of nitrogens with two attached hydrogens (primary N) is 1. The zero-order chi connectivity index (χ0) is 7.56. The summed E-state index contributed by atoms with van der Waals surface area (Å²) in [6.45, 7) is 0. The molecule has 0 aromatic carbocycles. The number of rotatable bonds is 1. The first kappa shape index (κ1) is 6.67. The van der Waals surface area contributed by atoms with Crippen molar-refractivity contribution >= 4 is 11.6 Å². The number of hydrogen-bond donors (Lipinski definition) is 3. The molecule has 54 valence electrons. The third-order valence-corrected chi connectivity index (χ3v) is 1.23. The number of carbonyl (C=O) groups excluding carboxylic acids is 1. The van der Waals surface area contributed by atoms with Crippen molar-refractivity contribution in [1.29, 1.82) is 0 Å². The van der Waals surface area contributed by atoms with Gasteiger partial charge in [0.25, 0.3) is 5.91 Å². The minimum atomic E-state index is -0.192. The van der Waals surface area contributed by atoms with Gasteiger partial charge in [-0.3, -0.25) is 4.79 Å². The topological polar surface area (TPSA) is 70.9 Å². The highest BCUT2D eigenvalue weighted by atomic mass is 16.1. The summed E-state index contributed by atoms with van der Waals surface area (Å²) < 4.78 is 0. The molecule has 0 fully saturated rings. The lowest BCUT2D eigenvalue weighted by molar-refractivity contribution is 0.0959. The van der Waals surface area contributed by atoms with Crippen molar-refractivity contribution in [2.45, 2.75) is 0 Å². The van der Waals surface area contributed by atoms with Crippen molar-refractivity contribution in [3.63, 3.8) is 0 Å². The van der Waals surface area contributed by atoms with Crippen LogP contribution < -0.4 is 11.1 Å². The fraction of sp³-hybridized carbons (Fsp3) is 0.167. The molecule has 4 nitrogen and oxygen atoms in total. The third kappa shape index (κ3) is 0.953. The monoisotopic (exact) mass is 139 g/mol. The molecule has 1 aromatic rings. The highest BCUT2D eigenvalue weighted by molar-refractivity contribution is 5.97. The molecule has 1 rings (SSSR count). The summed E-state index contributed by atoms with van der Waals surface area (Å²) >= 11 is 0. The first-order valence-corrected chi connectivity index (χ1v) is 2.90. The van der Waals surface area contributed by atoms with Gasteiger partial charge in [-0.15, -0.1) is 0 Å². The summed E-state index contributed by atoms with van der Waals surface area (Å²) in [4.78, 5) is 13.6. The zero-order valence-electron chi connectivity index (χ0n) is 5.64. The number of amides is 1. The SMILES string of the molecule is CNC(=O)c1[nH]ccc1N. The fourth-order valence-electron chi connectivity index (χ4n) is 0.703. The number of aromatic amines is 1. The van der Waals surface area contributed by atoms with Gasteiger partial charge in [-0.25, -0.2) is 0 Å². The Morgan fingerprint density at radius 2 is 2.50 bits per heavy atom. The molecule has 0 radical (unpaired) electrons. The van der Waals surface area contributed by atoms with Gasteiger partial charge >= 0.3 is 0 Å². The Balaban J connectivity index is 2.93. The van der Waals surface area contributed by atoms with Crippen LogP contribution in [0.15, 0.2) is 12.3 Å². The maximum atomic E-state index is 10.9. The number of anilines is 1. The number of nitrogen functional groups attached to an aromatic ring is 1. The van der Waals surface area contributed by atoms with Gasteiger partial charge in [-0.2, -0.15) is 0 Å². The largest absolute Gasteiger partial charge is 0.397 e. The Kier molecular flexibility index (Phi) is 1.62. The van der Waals surface area contributed by atoms with Crippen LogP contribution in [0.2, 0.25) is 0 Å². The Hall–Kier alpha value is -1.45. The molecule has 4 N–H and O–H groups in total. The van der Waals surface area contributed by atoms with E-state index in [0.717, 1.165) is 0 Å². The third-order valence-electron chi connectivity index (χ3n) is 1.23. The van der Waals surface area contributed by atoms with Crippen LogP contribution in [0.3, 0.4) is 0 Å². The fourth-order valence-corrected chi connectivity index (χ4v) is 0.703. The lowest BCUT2D eigenvalue weighted by Crippen LogP contribution is -2.19. The molecule has 0 spiro atoms. The van der Waals surface area contributed by atoms with Crippen LogP contribution >= 0.6 is 0 Å². The lowest BCUT2D eigenvalue weighted by Gasteiger charge is -1.95. The number of hydrogen-bond acceptors (Lipinski definition) is 2. The standard InChI is InChI=1S/C6H9N3O/c1-8-6(10)5-4(7)2-3-9-5/h2-3,9H,7H2,1H3,(H,8,10). The van der Waals surface area contributed by atoms with Crippen LogP contribution in [0.4, 0.5) is 5.69 Å². The van der Waals surface area contributed by atoms with E-state index in [1.165, 1.54) is 0 Å². The zero-order valence-corrected chi connectivity index (χ0v) is 5.64. The van der Waals surface area contributed by atoms with E-state index < -0.39 is 0 Å². The minimum Gasteiger partial charge on any atom is -0.397 e. The van der Waals surface area contributed by atoms with Crippen molar-refractivity contribution < 1.29 is 4.79 Å². The first-order valence-electron chi connectivity index (χ1n) is 2.90. The van der Waals surface area contributed by atoms with Crippen LogP contribution in [-0.2, 0) is 0 Å². The molecule has 1 aromatic heterocycles. The molecule has 1 amide bonds. The summed E-state index contributed by atoms with van der Waals surface area (Å²) in [5.74, 6) is -0.192. The van der Waals surface area contributed by atoms with Gasteiger partial charge in [-0.1, -0.05) is 0 Å². The maximum Gasteiger partial charge on any atom is 0.269 e. The molecule has 0 bridgehead atoms. The van der Waals surface area contributed by atoms with Crippen molar-refractivity contribution in [2.75, 3.05) is 12.8 Å². The second-order valence-electron chi connectivity index (χ2n) is 1.89. The predicted octanol–water partition coefficient (Wildman–Crippen LogP) is -0.0435. The quantitative estimate of drug-likeness (QED) is 0.510. The van der Waals surface area contributed by atoms with Gasteiger partial charge in [0.15, 0.2) is 0 Å². The van der Waals surface area contributed by atoms with Crippen LogP contribution in [-0.4, -0.2) is 17.9 Å². The van der Waals surface area contributed by atoms with Crippen LogP contribution in [0.25, 0.3) is 0 Å². The van der Waals surface area contributed by atoms with E-state index in [4.69, 9.17) is 5.73 Å². The second kappa shape index (κ2) is 2.43. The van der Waals surface area contributed by atoms with Crippen LogP contribution in [0.5, 0.6) is 0 Å². The predicted molar refractivity (Wildman–Crippen MR) is 38.6 cm³/mol. The summed E-state index contributed by atoms with van der Waals surface area (Å²) in [6, 6.07) is 1.64. The smallest absolute Gasteiger partial charge is 0.269 e. The van der Waals surface area contributed by atoms with E-state index in [-0.39, 0.29) is 5.91 Å². The molecule has 0 unspecified atom stereocenters. The summed E-state index contributed by atoms with van der Waals surface area (Å²) in [7, 11) is 1.56. The summed E-state index contributed by atoms with van der Waals surface area (Å²) in [5.41, 5.74) is 6.32. The summed E-state index contributed by atoms with van der Waals surface area (Å²) in [5, 5.41) is 2.46. The highest BCUT2D eigenvalue weighted by Gasteiger charge is 2.06. The van der Waals surface area contributed by atoms with Crippen molar-refractivity contribution in [1.82, 2.24) is 10.3 Å². The molecule has 0 aliphatic heterocycles. The van der Waals surface area contributed by atoms with Gasteiger partial charge in [-0.05, 0) is 6.07 Å². The molecule has 0 aliphatic rings. The van der Waals surface area contributed by atoms with Gasteiger partial charge in [0.2, 0.25) is 0 Å². The Bertz CT molecular complexity index is 241. The Morgan fingerprint density at radius 3 is 2.90 bits per heavy atom. The van der Waals surface area contributed by atoms with Gasteiger partial charge in [0.1, 0.15) is 5.69 Å². The average Bonchev–Trinajstić information content (AvgIpc) is 2.34. The van der Waals surface area contributed by atoms with Crippen molar-refractivity contribution in [2.24, 2.45) is 0 Å². The molecule has 0 aliphatic carbocycles. The maximum absolute atomic E-state index is 10.9. The van der Waals surface area contributed by atoms with Crippen molar-refractivity contribution in [3.05, 3.63) is 18.0 Å². The molecule has 0 atom stereocenters. The number of H-pyrrole nitrogens is 1. The number of nitrogens with one attached hydrogen (secondary N) is 2. The molecule has 0 saturated carbocycles. The van der Waals surface area contributed by atoms with Gasteiger partial charge < -0.3 is 16.0 Å². The van der Waals surface area contributed by atoms with E-state index in [0.29, 0.717) is 11.4 Å². The molecular weight excluding hydrogens is 130 g/mol. The van der Waals surface area contributed by atoms with Crippen LogP contribution in [0, 0.1) is 0 Å². The number of aromatic nitrogens is 1. The molecule has 4 heteroatoms. The van der Waals surface area contributed by atoms with E-state index in [1.54, 1.807) is 19.3 Å². The molecular formula is C6H9N3O. The van der Waals surface area contributed by atoms with Crippen LogP contribution in [0.1, 0.15) is 10.5 Å².